The average Bonchev–Trinajstić information content (AvgIpc) is 2.90. The molecule has 24 heavy (non-hydrogen) atoms. The zero-order valence-electron chi connectivity index (χ0n) is 14.7. The monoisotopic (exact) mass is 330 g/mol. The Kier molecular flexibility index (Phi) is 4.34. The molecule has 3 aliphatic rings. The lowest BCUT2D eigenvalue weighted by Crippen LogP contribution is -2.43. The normalized spacial score (nSPS) is 37.5. The van der Waals surface area contributed by atoms with Crippen molar-refractivity contribution in [3.05, 3.63) is 29.3 Å². The van der Waals surface area contributed by atoms with Gasteiger partial charge in [0.15, 0.2) is 0 Å². The standard InChI is InChI=1S/C21H30O3/c1-21-10-9-17-16-6-4-15(24-12-2-11-22)13-14(16)3-5-18(17)19(21)7-8-20(21)23/h4,6,13,17-20,22-23H,2-3,5,7-12H2,1H3/t17-,18-,19+,20+,21+/m1/s1. The highest BCUT2D eigenvalue weighted by Gasteiger charge is 2.54. The molecule has 5 atom stereocenters. The second kappa shape index (κ2) is 6.34. The van der Waals surface area contributed by atoms with Crippen LogP contribution in [-0.4, -0.2) is 29.5 Å². The van der Waals surface area contributed by atoms with E-state index in [1.54, 1.807) is 0 Å². The van der Waals surface area contributed by atoms with E-state index in [0.717, 1.165) is 30.9 Å². The molecule has 3 aliphatic carbocycles. The van der Waals surface area contributed by atoms with E-state index in [4.69, 9.17) is 9.84 Å². The van der Waals surface area contributed by atoms with E-state index in [-0.39, 0.29) is 18.1 Å². The molecule has 2 saturated carbocycles. The van der Waals surface area contributed by atoms with Crippen LogP contribution in [0.4, 0.5) is 0 Å². The summed E-state index contributed by atoms with van der Waals surface area (Å²) in [4.78, 5) is 0. The maximum Gasteiger partial charge on any atom is 0.119 e. The molecule has 1 aromatic rings. The van der Waals surface area contributed by atoms with Gasteiger partial charge in [0.1, 0.15) is 5.75 Å². The molecule has 0 amide bonds. The molecule has 4 rings (SSSR count). The van der Waals surface area contributed by atoms with Gasteiger partial charge in [-0.05, 0) is 85.0 Å². The third-order valence-electron chi connectivity index (χ3n) is 7.22. The van der Waals surface area contributed by atoms with Crippen molar-refractivity contribution < 1.29 is 14.9 Å². The first-order valence-electron chi connectivity index (χ1n) is 9.68. The second-order valence-electron chi connectivity index (χ2n) is 8.34. The van der Waals surface area contributed by atoms with Crippen molar-refractivity contribution in [3.8, 4) is 5.75 Å². The summed E-state index contributed by atoms with van der Waals surface area (Å²) in [6.07, 6.45) is 7.56. The molecular weight excluding hydrogens is 300 g/mol. The molecule has 0 heterocycles. The quantitative estimate of drug-likeness (QED) is 0.828. The fraction of sp³-hybridized carbons (Fsp3) is 0.714. The van der Waals surface area contributed by atoms with Crippen LogP contribution in [0.2, 0.25) is 0 Å². The first kappa shape index (κ1) is 16.4. The van der Waals surface area contributed by atoms with E-state index >= 15 is 0 Å². The van der Waals surface area contributed by atoms with Crippen molar-refractivity contribution in [2.45, 2.75) is 63.9 Å². The number of hydrogen-bond acceptors (Lipinski definition) is 3. The minimum atomic E-state index is -0.0906. The highest BCUT2D eigenvalue weighted by Crippen LogP contribution is 2.60. The van der Waals surface area contributed by atoms with Crippen molar-refractivity contribution >= 4 is 0 Å². The summed E-state index contributed by atoms with van der Waals surface area (Å²) >= 11 is 0. The number of fused-ring (bicyclic) bond motifs is 5. The van der Waals surface area contributed by atoms with Crippen LogP contribution in [-0.2, 0) is 6.42 Å². The van der Waals surface area contributed by atoms with Gasteiger partial charge in [0.2, 0.25) is 0 Å². The zero-order chi connectivity index (χ0) is 16.7. The molecule has 0 bridgehead atoms. The van der Waals surface area contributed by atoms with E-state index in [0.29, 0.717) is 24.9 Å². The molecule has 3 heteroatoms. The first-order chi connectivity index (χ1) is 11.6. The summed E-state index contributed by atoms with van der Waals surface area (Å²) in [5, 5.41) is 19.4. The molecule has 0 saturated heterocycles. The van der Waals surface area contributed by atoms with E-state index in [9.17, 15) is 5.11 Å². The Bertz CT molecular complexity index is 599. The number of aryl methyl sites for hydroxylation is 1. The van der Waals surface area contributed by atoms with Gasteiger partial charge in [0, 0.05) is 13.0 Å². The topological polar surface area (TPSA) is 49.7 Å². The Labute approximate surface area is 145 Å². The van der Waals surface area contributed by atoms with Gasteiger partial charge in [-0.1, -0.05) is 13.0 Å². The fourth-order valence-electron chi connectivity index (χ4n) is 5.88. The smallest absolute Gasteiger partial charge is 0.119 e. The van der Waals surface area contributed by atoms with Crippen molar-refractivity contribution in [1.29, 1.82) is 0 Å². The van der Waals surface area contributed by atoms with Crippen LogP contribution in [0, 0.1) is 17.3 Å². The Hall–Kier alpha value is -1.06. The molecule has 0 spiro atoms. The largest absolute Gasteiger partial charge is 0.493 e. The van der Waals surface area contributed by atoms with Crippen LogP contribution in [0.15, 0.2) is 18.2 Å². The maximum absolute atomic E-state index is 10.5. The van der Waals surface area contributed by atoms with Crippen molar-refractivity contribution in [2.75, 3.05) is 13.2 Å². The van der Waals surface area contributed by atoms with Gasteiger partial charge in [0.25, 0.3) is 0 Å². The van der Waals surface area contributed by atoms with Gasteiger partial charge in [-0.3, -0.25) is 0 Å². The van der Waals surface area contributed by atoms with Crippen molar-refractivity contribution in [1.82, 2.24) is 0 Å². The van der Waals surface area contributed by atoms with E-state index in [1.807, 2.05) is 0 Å². The number of rotatable bonds is 4. The number of aliphatic hydroxyl groups is 2. The lowest BCUT2D eigenvalue weighted by Gasteiger charge is -2.50. The molecule has 0 radical (unpaired) electrons. The average molecular weight is 330 g/mol. The Morgan fingerprint density at radius 3 is 2.92 bits per heavy atom. The number of aliphatic hydroxyl groups excluding tert-OH is 2. The third kappa shape index (κ3) is 2.57. The fourth-order valence-corrected chi connectivity index (χ4v) is 5.88. The van der Waals surface area contributed by atoms with E-state index < -0.39 is 0 Å². The third-order valence-corrected chi connectivity index (χ3v) is 7.22. The summed E-state index contributed by atoms with van der Waals surface area (Å²) in [6, 6.07) is 6.62. The summed E-state index contributed by atoms with van der Waals surface area (Å²) in [5.41, 5.74) is 3.15. The second-order valence-corrected chi connectivity index (χ2v) is 8.34. The van der Waals surface area contributed by atoms with Gasteiger partial charge in [-0.2, -0.15) is 0 Å². The predicted molar refractivity (Wildman–Crippen MR) is 94.3 cm³/mol. The molecule has 132 valence electrons. The Morgan fingerprint density at radius 2 is 2.08 bits per heavy atom. The number of benzene rings is 1. The Balaban J connectivity index is 1.55. The van der Waals surface area contributed by atoms with Gasteiger partial charge < -0.3 is 14.9 Å². The maximum atomic E-state index is 10.5. The number of ether oxygens (including phenoxy) is 1. The van der Waals surface area contributed by atoms with Gasteiger partial charge >= 0.3 is 0 Å². The van der Waals surface area contributed by atoms with Crippen molar-refractivity contribution in [2.24, 2.45) is 17.3 Å². The highest BCUT2D eigenvalue weighted by atomic mass is 16.5. The SMILES string of the molecule is C[C@]12CC[C@@H]3c4ccc(OCCCO)cc4CC[C@H]3[C@@H]1CC[C@@H]2O. The van der Waals surface area contributed by atoms with Crippen LogP contribution in [0.3, 0.4) is 0 Å². The number of hydrogen-bond donors (Lipinski definition) is 2. The molecule has 0 unspecified atom stereocenters. The lowest BCUT2D eigenvalue weighted by atomic mass is 9.55. The van der Waals surface area contributed by atoms with Crippen LogP contribution in [0.25, 0.3) is 0 Å². The summed E-state index contributed by atoms with van der Waals surface area (Å²) in [6.45, 7) is 3.10. The minimum absolute atomic E-state index is 0.0906. The molecular formula is C21H30O3. The molecule has 0 aromatic heterocycles. The van der Waals surface area contributed by atoms with Crippen LogP contribution >= 0.6 is 0 Å². The molecule has 3 nitrogen and oxygen atoms in total. The minimum Gasteiger partial charge on any atom is -0.493 e. The molecule has 2 fully saturated rings. The summed E-state index contributed by atoms with van der Waals surface area (Å²) in [7, 11) is 0. The van der Waals surface area contributed by atoms with Crippen molar-refractivity contribution in [3.63, 3.8) is 0 Å². The van der Waals surface area contributed by atoms with Crippen LogP contribution in [0.5, 0.6) is 5.75 Å². The zero-order valence-corrected chi connectivity index (χ0v) is 14.7. The van der Waals surface area contributed by atoms with Gasteiger partial charge in [0.05, 0.1) is 12.7 Å². The van der Waals surface area contributed by atoms with Gasteiger partial charge in [-0.15, -0.1) is 0 Å². The predicted octanol–water partition coefficient (Wildman–Crippen LogP) is 3.66. The Morgan fingerprint density at radius 1 is 1.21 bits per heavy atom. The van der Waals surface area contributed by atoms with Gasteiger partial charge in [-0.25, -0.2) is 0 Å². The molecule has 2 N–H and O–H groups in total. The van der Waals surface area contributed by atoms with Crippen LogP contribution < -0.4 is 4.74 Å². The van der Waals surface area contributed by atoms with E-state index in [1.165, 1.54) is 30.4 Å². The first-order valence-corrected chi connectivity index (χ1v) is 9.68. The highest BCUT2D eigenvalue weighted by molar-refractivity contribution is 5.40. The molecule has 0 aliphatic heterocycles. The lowest BCUT2D eigenvalue weighted by molar-refractivity contribution is -0.0226. The van der Waals surface area contributed by atoms with Crippen LogP contribution in [0.1, 0.15) is 62.5 Å². The summed E-state index contributed by atoms with van der Waals surface area (Å²) in [5.74, 6) is 3.05. The van der Waals surface area contributed by atoms with E-state index in [2.05, 4.69) is 25.1 Å². The summed E-state index contributed by atoms with van der Waals surface area (Å²) < 4.78 is 5.75. The molecule has 1 aromatic carbocycles.